The van der Waals surface area contributed by atoms with Crippen LogP contribution < -0.4 is 0 Å². The maximum atomic E-state index is 13.1. The molecule has 9 heteroatoms. The second-order valence-electron chi connectivity index (χ2n) is 9.79. The number of sulfone groups is 1. The molecule has 2 aromatic rings. The van der Waals surface area contributed by atoms with Crippen LogP contribution in [0.5, 0.6) is 0 Å². The second kappa shape index (κ2) is 9.70. The van der Waals surface area contributed by atoms with Gasteiger partial charge < -0.3 is 4.43 Å². The Hall–Kier alpha value is -1.58. The SMILES string of the molecule is CC(C)CCC(CCS(=O)(=O)c1nnnn1-c1ccccc1)O[Si](C)(C)C(C)(C)C. The molecule has 1 unspecified atom stereocenters. The van der Waals surface area contributed by atoms with Gasteiger partial charge in [-0.1, -0.05) is 57.9 Å². The monoisotopic (exact) mass is 452 g/mol. The molecule has 7 nitrogen and oxygen atoms in total. The normalized spacial score (nSPS) is 14.3. The van der Waals surface area contributed by atoms with Crippen LogP contribution in [0.1, 0.15) is 53.9 Å². The number of rotatable bonds is 10. The molecular weight excluding hydrogens is 416 g/mol. The lowest BCUT2D eigenvalue weighted by atomic mass is 10.0. The summed E-state index contributed by atoms with van der Waals surface area (Å²) in [6, 6.07) is 9.06. The molecule has 0 N–H and O–H groups in total. The molecule has 1 aromatic carbocycles. The van der Waals surface area contributed by atoms with Gasteiger partial charge in [-0.2, -0.15) is 4.68 Å². The molecule has 0 saturated carbocycles. The van der Waals surface area contributed by atoms with Crippen LogP contribution in [0.25, 0.3) is 5.69 Å². The molecule has 2 rings (SSSR count). The van der Waals surface area contributed by atoms with Crippen LogP contribution in [0.4, 0.5) is 0 Å². The highest BCUT2D eigenvalue weighted by molar-refractivity contribution is 7.91. The first-order valence-corrected chi connectivity index (χ1v) is 15.1. The average molecular weight is 453 g/mol. The van der Waals surface area contributed by atoms with Gasteiger partial charge >= 0.3 is 0 Å². The van der Waals surface area contributed by atoms with E-state index in [0.717, 1.165) is 12.8 Å². The summed E-state index contributed by atoms with van der Waals surface area (Å²) in [5.74, 6) is 0.495. The number of para-hydroxylation sites is 1. The molecule has 0 bridgehead atoms. The summed E-state index contributed by atoms with van der Waals surface area (Å²) in [7, 11) is -5.66. The Balaban J connectivity index is 2.19. The molecule has 0 aliphatic rings. The Morgan fingerprint density at radius 3 is 2.27 bits per heavy atom. The fraction of sp³-hybridized carbons (Fsp3) is 0.667. The molecule has 0 spiro atoms. The summed E-state index contributed by atoms with van der Waals surface area (Å²) in [5.41, 5.74) is 0.620. The van der Waals surface area contributed by atoms with Crippen molar-refractivity contribution >= 4 is 18.2 Å². The Kier molecular flexibility index (Phi) is 7.98. The van der Waals surface area contributed by atoms with E-state index in [4.69, 9.17) is 4.43 Å². The van der Waals surface area contributed by atoms with E-state index in [0.29, 0.717) is 18.0 Å². The third-order valence-corrected chi connectivity index (χ3v) is 11.9. The minimum atomic E-state index is -3.66. The summed E-state index contributed by atoms with van der Waals surface area (Å²) >= 11 is 0. The van der Waals surface area contributed by atoms with E-state index in [1.54, 1.807) is 12.1 Å². The molecule has 0 amide bonds. The molecule has 0 aliphatic carbocycles. The van der Waals surface area contributed by atoms with E-state index < -0.39 is 18.2 Å². The van der Waals surface area contributed by atoms with Gasteiger partial charge in [-0.25, -0.2) is 8.42 Å². The number of hydrogen-bond acceptors (Lipinski definition) is 6. The second-order valence-corrected chi connectivity index (χ2v) is 16.5. The van der Waals surface area contributed by atoms with Crippen molar-refractivity contribution in [2.75, 3.05) is 5.75 Å². The number of aromatic nitrogens is 4. The van der Waals surface area contributed by atoms with Gasteiger partial charge in [0.2, 0.25) is 9.84 Å². The van der Waals surface area contributed by atoms with Gasteiger partial charge in [0.05, 0.1) is 11.4 Å². The molecule has 1 heterocycles. The predicted molar refractivity (Wildman–Crippen MR) is 122 cm³/mol. The molecule has 30 heavy (non-hydrogen) atoms. The molecule has 1 atom stereocenters. The predicted octanol–water partition coefficient (Wildman–Crippen LogP) is 4.65. The van der Waals surface area contributed by atoms with Crippen LogP contribution in [0, 0.1) is 5.92 Å². The van der Waals surface area contributed by atoms with Crippen molar-refractivity contribution in [2.45, 2.75) is 83.3 Å². The third kappa shape index (κ3) is 6.46. The van der Waals surface area contributed by atoms with Crippen molar-refractivity contribution in [1.29, 1.82) is 0 Å². The van der Waals surface area contributed by atoms with Crippen molar-refractivity contribution in [3.63, 3.8) is 0 Å². The van der Waals surface area contributed by atoms with Crippen LogP contribution in [-0.2, 0) is 14.3 Å². The van der Waals surface area contributed by atoms with Gasteiger partial charge in [0.1, 0.15) is 0 Å². The highest BCUT2D eigenvalue weighted by Crippen LogP contribution is 2.38. The summed E-state index contributed by atoms with van der Waals surface area (Å²) in [6.07, 6.45) is 2.19. The van der Waals surface area contributed by atoms with E-state index in [-0.39, 0.29) is 22.1 Å². The topological polar surface area (TPSA) is 87.0 Å². The minimum Gasteiger partial charge on any atom is -0.414 e. The van der Waals surface area contributed by atoms with Crippen LogP contribution in [0.3, 0.4) is 0 Å². The maximum Gasteiger partial charge on any atom is 0.272 e. The summed E-state index contributed by atoms with van der Waals surface area (Å²) < 4.78 is 34.1. The van der Waals surface area contributed by atoms with E-state index in [1.165, 1.54) is 4.68 Å². The lowest BCUT2D eigenvalue weighted by Gasteiger charge is -2.39. The number of tetrazole rings is 1. The molecule has 0 saturated heterocycles. The lowest BCUT2D eigenvalue weighted by Crippen LogP contribution is -2.44. The smallest absolute Gasteiger partial charge is 0.272 e. The Labute approximate surface area is 182 Å². The largest absolute Gasteiger partial charge is 0.414 e. The van der Waals surface area contributed by atoms with Crippen molar-refractivity contribution in [3.8, 4) is 5.69 Å². The average Bonchev–Trinajstić information content (AvgIpc) is 3.14. The van der Waals surface area contributed by atoms with E-state index in [9.17, 15) is 8.42 Å². The Bertz CT molecular complexity index is 906. The molecule has 0 fully saturated rings. The fourth-order valence-corrected chi connectivity index (χ4v) is 5.60. The molecule has 168 valence electrons. The van der Waals surface area contributed by atoms with Gasteiger partial charge in [-0.15, -0.1) is 0 Å². The molecule has 0 aliphatic heterocycles. The first-order valence-electron chi connectivity index (χ1n) is 10.6. The van der Waals surface area contributed by atoms with Gasteiger partial charge in [0.15, 0.2) is 8.32 Å². The van der Waals surface area contributed by atoms with Crippen LogP contribution in [0.2, 0.25) is 18.1 Å². The summed E-state index contributed by atoms with van der Waals surface area (Å²) in [5, 5.41) is 11.2. The highest BCUT2D eigenvalue weighted by atomic mass is 32.2. The van der Waals surface area contributed by atoms with Crippen molar-refractivity contribution in [3.05, 3.63) is 30.3 Å². The van der Waals surface area contributed by atoms with E-state index in [2.05, 4.69) is 63.2 Å². The quantitative estimate of drug-likeness (QED) is 0.488. The number of hydrogen-bond donors (Lipinski definition) is 0. The van der Waals surface area contributed by atoms with Gasteiger partial charge in [-0.05, 0) is 65.9 Å². The fourth-order valence-electron chi connectivity index (χ4n) is 2.86. The van der Waals surface area contributed by atoms with Crippen molar-refractivity contribution < 1.29 is 12.8 Å². The van der Waals surface area contributed by atoms with Crippen LogP contribution in [-0.4, -0.2) is 48.8 Å². The highest BCUT2D eigenvalue weighted by Gasteiger charge is 2.39. The third-order valence-electron chi connectivity index (χ3n) is 5.76. The maximum absolute atomic E-state index is 13.1. The zero-order valence-corrected chi connectivity index (χ0v) is 21.1. The summed E-state index contributed by atoms with van der Waals surface area (Å²) in [4.78, 5) is 0. The zero-order valence-electron chi connectivity index (χ0n) is 19.3. The van der Waals surface area contributed by atoms with E-state index in [1.807, 2.05) is 18.2 Å². The van der Waals surface area contributed by atoms with Gasteiger partial charge in [0, 0.05) is 6.10 Å². The number of nitrogens with zero attached hydrogens (tertiary/aromatic N) is 4. The van der Waals surface area contributed by atoms with Gasteiger partial charge in [0.25, 0.3) is 5.16 Å². The molecular formula is C21H36N4O3SSi. The minimum absolute atomic E-state index is 0.0441. The molecule has 0 radical (unpaired) electrons. The summed E-state index contributed by atoms with van der Waals surface area (Å²) in [6.45, 7) is 15.4. The van der Waals surface area contributed by atoms with Crippen LogP contribution in [0.15, 0.2) is 35.5 Å². The van der Waals surface area contributed by atoms with Crippen molar-refractivity contribution in [2.24, 2.45) is 5.92 Å². The number of benzene rings is 1. The standard InChI is InChI=1S/C21H36N4O3SSi/c1-17(2)13-14-19(28-30(6,7)21(3,4)5)15-16-29(26,27)20-22-23-24-25(20)18-11-9-8-10-12-18/h8-12,17,19H,13-16H2,1-7H3. The molecule has 1 aromatic heterocycles. The lowest BCUT2D eigenvalue weighted by molar-refractivity contribution is 0.160. The first kappa shape index (κ1) is 24.7. The Morgan fingerprint density at radius 1 is 1.07 bits per heavy atom. The van der Waals surface area contributed by atoms with Gasteiger partial charge in [-0.3, -0.25) is 0 Å². The first-order chi connectivity index (χ1) is 13.8. The van der Waals surface area contributed by atoms with E-state index >= 15 is 0 Å². The van der Waals surface area contributed by atoms with Crippen molar-refractivity contribution in [1.82, 2.24) is 20.2 Å². The Morgan fingerprint density at radius 2 is 1.70 bits per heavy atom. The van der Waals surface area contributed by atoms with Crippen LogP contribution >= 0.6 is 0 Å². The zero-order chi connectivity index (χ0) is 22.6.